The van der Waals surface area contributed by atoms with Gasteiger partial charge in [-0.15, -0.1) is 0 Å². The number of nitro groups is 1. The third-order valence-electron chi connectivity index (χ3n) is 5.56. The molecule has 0 fully saturated rings. The molecule has 0 atom stereocenters. The number of aryl methyl sites for hydroxylation is 2. The van der Waals surface area contributed by atoms with Crippen LogP contribution in [0.1, 0.15) is 36.8 Å². The van der Waals surface area contributed by atoms with Crippen molar-refractivity contribution in [3.05, 3.63) is 86.8 Å². The molecule has 0 radical (unpaired) electrons. The zero-order chi connectivity index (χ0) is 24.9. The summed E-state index contributed by atoms with van der Waals surface area (Å²) >= 11 is 5.90. The molecule has 2 aromatic heterocycles. The number of non-ortho nitro benzene ring substituents is 1. The predicted octanol–water partition coefficient (Wildman–Crippen LogP) is 6.34. The molecule has 0 aliphatic heterocycles. The summed E-state index contributed by atoms with van der Waals surface area (Å²) in [5.41, 5.74) is 3.95. The fraction of sp³-hybridized carbons (Fsp3) is 0.240. The number of hydrogen-bond donors (Lipinski definition) is 2. The highest BCUT2D eigenvalue weighted by Gasteiger charge is 2.17. The normalized spacial score (nSPS) is 10.9. The molecule has 0 aliphatic carbocycles. The van der Waals surface area contributed by atoms with Crippen LogP contribution in [0.2, 0.25) is 5.02 Å². The molecule has 35 heavy (non-hydrogen) atoms. The zero-order valence-electron chi connectivity index (χ0n) is 19.4. The summed E-state index contributed by atoms with van der Waals surface area (Å²) < 4.78 is 1.99. The molecule has 10 heteroatoms. The number of benzene rings is 2. The predicted molar refractivity (Wildman–Crippen MR) is 137 cm³/mol. The molecule has 0 spiro atoms. The van der Waals surface area contributed by atoms with Crippen LogP contribution in [0.5, 0.6) is 0 Å². The number of carbonyl (C=O) groups excluding carboxylic acids is 1. The van der Waals surface area contributed by atoms with Crippen LogP contribution in [-0.4, -0.2) is 25.5 Å². The number of halogens is 1. The molecule has 2 aromatic carbocycles. The summed E-state index contributed by atoms with van der Waals surface area (Å²) in [4.78, 5) is 32.9. The number of fused-ring (bicyclic) bond motifs is 1. The molecule has 0 unspecified atom stereocenters. The van der Waals surface area contributed by atoms with E-state index in [0.29, 0.717) is 39.8 Å². The molecular weight excluding hydrogens is 468 g/mol. The van der Waals surface area contributed by atoms with E-state index >= 15 is 0 Å². The van der Waals surface area contributed by atoms with E-state index < -0.39 is 11.0 Å². The van der Waals surface area contributed by atoms with Crippen LogP contribution in [0.3, 0.4) is 0 Å². The maximum Gasteiger partial charge on any atom is 0.323 e. The van der Waals surface area contributed by atoms with Gasteiger partial charge in [-0.2, -0.15) is 0 Å². The van der Waals surface area contributed by atoms with Crippen molar-refractivity contribution in [2.75, 3.05) is 10.6 Å². The average Bonchev–Trinajstić information content (AvgIpc) is 3.15. The minimum absolute atomic E-state index is 0.0457. The maximum atomic E-state index is 12.5. The van der Waals surface area contributed by atoms with Crippen molar-refractivity contribution in [1.82, 2.24) is 14.5 Å². The lowest BCUT2D eigenvalue weighted by Gasteiger charge is -2.11. The summed E-state index contributed by atoms with van der Waals surface area (Å²) in [6, 6.07) is 14.8. The van der Waals surface area contributed by atoms with E-state index in [1.54, 1.807) is 42.5 Å². The molecule has 2 N–H and O–H groups in total. The lowest BCUT2D eigenvalue weighted by atomic mass is 10.2. The monoisotopic (exact) mass is 492 g/mol. The van der Waals surface area contributed by atoms with Crippen LogP contribution in [0, 0.1) is 17.0 Å². The lowest BCUT2D eigenvalue weighted by Crippen LogP contribution is -2.20. The van der Waals surface area contributed by atoms with Crippen molar-refractivity contribution in [2.24, 2.45) is 0 Å². The van der Waals surface area contributed by atoms with Gasteiger partial charge in [-0.25, -0.2) is 14.8 Å². The Morgan fingerprint density at radius 3 is 2.60 bits per heavy atom. The van der Waals surface area contributed by atoms with E-state index in [2.05, 4.69) is 17.6 Å². The Balaban J connectivity index is 1.64. The number of amides is 2. The summed E-state index contributed by atoms with van der Waals surface area (Å²) in [5.74, 6) is 0.850. The summed E-state index contributed by atoms with van der Waals surface area (Å²) in [6.45, 7) is 4.33. The number of unbranched alkanes of at least 4 members (excludes halogenated alkanes) is 1. The van der Waals surface area contributed by atoms with Gasteiger partial charge in [-0.3, -0.25) is 10.1 Å². The molecule has 2 amide bonds. The quantitative estimate of drug-likeness (QED) is 0.220. The number of nitrogens with one attached hydrogen (secondary N) is 2. The number of aromatic nitrogens is 3. The SMILES string of the molecule is CCCCc1nc2cc(NC(=O)Nc3ccc(Cl)cc3)c(C)nc2n1Cc1cccc([N+](=O)[O-])c1. The first-order valence-corrected chi connectivity index (χ1v) is 11.7. The summed E-state index contributed by atoms with van der Waals surface area (Å²) in [7, 11) is 0. The minimum atomic E-state index is -0.404. The molecule has 0 aliphatic rings. The molecule has 180 valence electrons. The van der Waals surface area contributed by atoms with Crippen LogP contribution >= 0.6 is 11.6 Å². The smallest absolute Gasteiger partial charge is 0.308 e. The molecule has 0 saturated carbocycles. The van der Waals surface area contributed by atoms with E-state index in [-0.39, 0.29) is 5.69 Å². The largest absolute Gasteiger partial charge is 0.323 e. The van der Waals surface area contributed by atoms with Gasteiger partial charge in [-0.1, -0.05) is 37.1 Å². The van der Waals surface area contributed by atoms with Gasteiger partial charge in [0.15, 0.2) is 5.65 Å². The van der Waals surface area contributed by atoms with Crippen molar-refractivity contribution < 1.29 is 9.72 Å². The first kappa shape index (κ1) is 24.2. The second-order valence-corrected chi connectivity index (χ2v) is 8.63. The van der Waals surface area contributed by atoms with Crippen LogP contribution in [0.15, 0.2) is 54.6 Å². The van der Waals surface area contributed by atoms with Crippen LogP contribution < -0.4 is 10.6 Å². The highest BCUT2D eigenvalue weighted by Crippen LogP contribution is 2.25. The fourth-order valence-corrected chi connectivity index (χ4v) is 3.90. The minimum Gasteiger partial charge on any atom is -0.308 e. The number of hydrogen-bond acceptors (Lipinski definition) is 5. The van der Waals surface area contributed by atoms with E-state index in [4.69, 9.17) is 21.6 Å². The summed E-state index contributed by atoms with van der Waals surface area (Å²) in [5, 5.41) is 17.4. The molecule has 0 bridgehead atoms. The van der Waals surface area contributed by atoms with Gasteiger partial charge in [0.05, 0.1) is 22.8 Å². The van der Waals surface area contributed by atoms with Gasteiger partial charge in [0, 0.05) is 29.3 Å². The Kier molecular flexibility index (Phi) is 7.26. The highest BCUT2D eigenvalue weighted by molar-refractivity contribution is 6.30. The van der Waals surface area contributed by atoms with Crippen LogP contribution in [0.4, 0.5) is 21.9 Å². The number of rotatable bonds is 8. The van der Waals surface area contributed by atoms with Crippen LogP contribution in [0.25, 0.3) is 11.2 Å². The second-order valence-electron chi connectivity index (χ2n) is 8.19. The second kappa shape index (κ2) is 10.5. The van der Waals surface area contributed by atoms with Gasteiger partial charge < -0.3 is 15.2 Å². The highest BCUT2D eigenvalue weighted by atomic mass is 35.5. The average molecular weight is 493 g/mol. The number of nitrogens with zero attached hydrogens (tertiary/aromatic N) is 4. The number of nitro benzene ring substituents is 1. The van der Waals surface area contributed by atoms with Crippen molar-refractivity contribution in [3.8, 4) is 0 Å². The first-order valence-electron chi connectivity index (χ1n) is 11.3. The molecule has 2 heterocycles. The van der Waals surface area contributed by atoms with Crippen LogP contribution in [-0.2, 0) is 13.0 Å². The Morgan fingerprint density at radius 1 is 1.11 bits per heavy atom. The van der Waals surface area contributed by atoms with Crippen molar-refractivity contribution in [2.45, 2.75) is 39.7 Å². The first-order chi connectivity index (χ1) is 16.8. The zero-order valence-corrected chi connectivity index (χ0v) is 20.2. The van der Waals surface area contributed by atoms with E-state index in [0.717, 1.165) is 30.7 Å². The standard InChI is InChI=1S/C25H25ClN6O3/c1-3-4-8-23-29-22-14-21(30-25(33)28-19-11-9-18(26)10-12-19)16(2)27-24(22)31(23)15-17-6-5-7-20(13-17)32(34)35/h5-7,9-14H,3-4,8,15H2,1-2H3,(H2,28,30,33). The number of pyridine rings is 1. The Bertz CT molecular complexity index is 1380. The fourth-order valence-electron chi connectivity index (χ4n) is 3.77. The van der Waals surface area contributed by atoms with E-state index in [9.17, 15) is 14.9 Å². The molecule has 4 rings (SSSR count). The molecular formula is C25H25ClN6O3. The van der Waals surface area contributed by atoms with Gasteiger partial charge in [-0.05, 0) is 49.2 Å². The molecule has 9 nitrogen and oxygen atoms in total. The Morgan fingerprint density at radius 2 is 1.89 bits per heavy atom. The number of urea groups is 1. The number of anilines is 2. The van der Waals surface area contributed by atoms with E-state index in [1.807, 2.05) is 17.6 Å². The van der Waals surface area contributed by atoms with Gasteiger partial charge >= 0.3 is 6.03 Å². The van der Waals surface area contributed by atoms with Gasteiger partial charge in [0.1, 0.15) is 11.3 Å². The van der Waals surface area contributed by atoms with E-state index in [1.165, 1.54) is 6.07 Å². The summed E-state index contributed by atoms with van der Waals surface area (Å²) in [6.07, 6.45) is 2.71. The Hall–Kier alpha value is -3.98. The lowest BCUT2D eigenvalue weighted by molar-refractivity contribution is -0.384. The maximum absolute atomic E-state index is 12.5. The van der Waals surface area contributed by atoms with Gasteiger partial charge in [0.25, 0.3) is 5.69 Å². The van der Waals surface area contributed by atoms with Crippen molar-refractivity contribution in [1.29, 1.82) is 0 Å². The third kappa shape index (κ3) is 5.75. The number of imidazole rings is 1. The Labute approximate surface area is 207 Å². The third-order valence-corrected chi connectivity index (χ3v) is 5.81. The molecule has 4 aromatic rings. The topological polar surface area (TPSA) is 115 Å². The van der Waals surface area contributed by atoms with Crippen molar-refractivity contribution in [3.63, 3.8) is 0 Å². The number of carbonyl (C=O) groups is 1. The van der Waals surface area contributed by atoms with Gasteiger partial charge in [0.2, 0.25) is 0 Å². The van der Waals surface area contributed by atoms with Crippen molar-refractivity contribution >= 4 is 45.9 Å². The molecule has 0 saturated heterocycles.